The second kappa shape index (κ2) is 8.52. The van der Waals surface area contributed by atoms with E-state index in [1.54, 1.807) is 18.2 Å². The van der Waals surface area contributed by atoms with E-state index in [1.807, 2.05) is 17.0 Å². The molecule has 0 spiro atoms. The Morgan fingerprint density at radius 2 is 1.89 bits per heavy atom. The lowest BCUT2D eigenvalue weighted by Crippen LogP contribution is -2.47. The van der Waals surface area contributed by atoms with Gasteiger partial charge in [0.25, 0.3) is 5.91 Å². The van der Waals surface area contributed by atoms with Gasteiger partial charge in [0.15, 0.2) is 11.5 Å². The van der Waals surface area contributed by atoms with Crippen LogP contribution in [0.1, 0.15) is 23.3 Å². The zero-order valence-electron chi connectivity index (χ0n) is 15.7. The van der Waals surface area contributed by atoms with E-state index in [0.29, 0.717) is 44.1 Å². The normalized spacial score (nSPS) is 19.7. The second-order valence-electron chi connectivity index (χ2n) is 7.05. The van der Waals surface area contributed by atoms with Crippen LogP contribution in [0.25, 0.3) is 0 Å². The molecule has 1 unspecified atom stereocenters. The number of nitrogens with zero attached hydrogens (tertiary/aromatic N) is 4. The predicted molar refractivity (Wildman–Crippen MR) is 104 cm³/mol. The van der Waals surface area contributed by atoms with Gasteiger partial charge in [-0.1, -0.05) is 12.1 Å². The molecule has 0 saturated carbocycles. The number of hydrogen-bond donors (Lipinski definition) is 1. The lowest BCUT2D eigenvalue weighted by atomic mass is 10.2. The summed E-state index contributed by atoms with van der Waals surface area (Å²) in [6.45, 7) is 4.10. The molecule has 2 aromatic rings. The summed E-state index contributed by atoms with van der Waals surface area (Å²) < 4.78 is 19.5. The number of benzene rings is 1. The van der Waals surface area contributed by atoms with Gasteiger partial charge in [0, 0.05) is 39.3 Å². The summed E-state index contributed by atoms with van der Waals surface area (Å²) in [6.07, 6.45) is 2.12. The number of halogens is 1. The fourth-order valence-electron chi connectivity index (χ4n) is 3.60. The minimum atomic E-state index is -0.237. The zero-order chi connectivity index (χ0) is 19.3. The second-order valence-corrected chi connectivity index (χ2v) is 7.05. The maximum atomic E-state index is 14.0. The Morgan fingerprint density at radius 3 is 2.57 bits per heavy atom. The van der Waals surface area contributed by atoms with E-state index in [9.17, 15) is 9.18 Å². The van der Waals surface area contributed by atoms with Crippen molar-refractivity contribution in [1.29, 1.82) is 0 Å². The third-order valence-corrected chi connectivity index (χ3v) is 5.19. The number of para-hydroxylation sites is 1. The summed E-state index contributed by atoms with van der Waals surface area (Å²) >= 11 is 0. The van der Waals surface area contributed by atoms with E-state index in [2.05, 4.69) is 20.4 Å². The highest BCUT2D eigenvalue weighted by atomic mass is 19.1. The molecule has 0 aliphatic carbocycles. The molecule has 3 heterocycles. The molecule has 2 fully saturated rings. The van der Waals surface area contributed by atoms with Crippen LogP contribution in [0.4, 0.5) is 15.9 Å². The molecule has 8 heteroatoms. The van der Waals surface area contributed by atoms with Gasteiger partial charge in [0.05, 0.1) is 11.8 Å². The van der Waals surface area contributed by atoms with Gasteiger partial charge in [-0.05, 0) is 37.1 Å². The third-order valence-electron chi connectivity index (χ3n) is 5.19. The van der Waals surface area contributed by atoms with Crippen LogP contribution in [-0.2, 0) is 4.74 Å². The first-order valence-corrected chi connectivity index (χ1v) is 9.68. The van der Waals surface area contributed by atoms with Crippen molar-refractivity contribution >= 4 is 17.4 Å². The van der Waals surface area contributed by atoms with Crippen LogP contribution >= 0.6 is 0 Å². The Bertz CT molecular complexity index is 802. The van der Waals surface area contributed by atoms with Gasteiger partial charge >= 0.3 is 0 Å². The van der Waals surface area contributed by atoms with Crippen LogP contribution in [0.3, 0.4) is 0 Å². The van der Waals surface area contributed by atoms with Crippen molar-refractivity contribution in [3.05, 3.63) is 47.9 Å². The quantitative estimate of drug-likeness (QED) is 0.847. The average molecular weight is 385 g/mol. The molecule has 4 rings (SSSR count). The summed E-state index contributed by atoms with van der Waals surface area (Å²) in [7, 11) is 0. The number of nitrogens with one attached hydrogen (secondary N) is 1. The fraction of sp³-hybridized carbons (Fsp3) is 0.450. The Hall–Kier alpha value is -2.74. The van der Waals surface area contributed by atoms with Crippen molar-refractivity contribution in [3.63, 3.8) is 0 Å². The summed E-state index contributed by atoms with van der Waals surface area (Å²) in [4.78, 5) is 16.3. The molecule has 7 nitrogen and oxygen atoms in total. The van der Waals surface area contributed by atoms with Gasteiger partial charge in [0.2, 0.25) is 0 Å². The number of rotatable bonds is 5. The Morgan fingerprint density at radius 1 is 1.11 bits per heavy atom. The van der Waals surface area contributed by atoms with E-state index in [1.165, 1.54) is 6.07 Å². The van der Waals surface area contributed by atoms with Crippen LogP contribution in [0.2, 0.25) is 0 Å². The van der Waals surface area contributed by atoms with Crippen LogP contribution in [0.5, 0.6) is 0 Å². The molecule has 1 atom stereocenters. The SMILES string of the molecule is O=C(NCC1CCCO1)c1ccc(N2CCN(c3ccccc3F)CC2)nn1. The molecule has 1 N–H and O–H groups in total. The third kappa shape index (κ3) is 4.22. The molecule has 2 aliphatic rings. The number of ether oxygens (including phenoxy) is 1. The van der Waals surface area contributed by atoms with Gasteiger partial charge in [-0.3, -0.25) is 4.79 Å². The van der Waals surface area contributed by atoms with Crippen molar-refractivity contribution in [2.24, 2.45) is 0 Å². The molecule has 1 amide bonds. The Labute approximate surface area is 163 Å². The molecule has 0 bridgehead atoms. The van der Waals surface area contributed by atoms with Gasteiger partial charge in [-0.2, -0.15) is 0 Å². The van der Waals surface area contributed by atoms with Gasteiger partial charge in [-0.25, -0.2) is 4.39 Å². The maximum absolute atomic E-state index is 14.0. The number of carbonyl (C=O) groups is 1. The van der Waals surface area contributed by atoms with E-state index in [0.717, 1.165) is 25.3 Å². The van der Waals surface area contributed by atoms with Gasteiger partial charge in [0.1, 0.15) is 5.82 Å². The zero-order valence-corrected chi connectivity index (χ0v) is 15.7. The summed E-state index contributed by atoms with van der Waals surface area (Å²) in [5, 5.41) is 11.1. The number of anilines is 2. The van der Waals surface area contributed by atoms with Crippen LogP contribution < -0.4 is 15.1 Å². The smallest absolute Gasteiger partial charge is 0.271 e. The largest absolute Gasteiger partial charge is 0.376 e. The lowest BCUT2D eigenvalue weighted by Gasteiger charge is -2.36. The molecule has 148 valence electrons. The molecule has 2 saturated heterocycles. The molecule has 1 aromatic carbocycles. The maximum Gasteiger partial charge on any atom is 0.271 e. The van der Waals surface area contributed by atoms with Crippen LogP contribution in [0.15, 0.2) is 36.4 Å². The number of amides is 1. The van der Waals surface area contributed by atoms with E-state index in [4.69, 9.17) is 4.74 Å². The monoisotopic (exact) mass is 385 g/mol. The predicted octanol–water partition coefficient (Wildman–Crippen LogP) is 1.85. The first-order valence-electron chi connectivity index (χ1n) is 9.68. The highest BCUT2D eigenvalue weighted by Gasteiger charge is 2.21. The molecule has 1 aromatic heterocycles. The summed E-state index contributed by atoms with van der Waals surface area (Å²) in [5.41, 5.74) is 0.929. The minimum Gasteiger partial charge on any atom is -0.376 e. The highest BCUT2D eigenvalue weighted by molar-refractivity contribution is 5.92. The Kier molecular flexibility index (Phi) is 5.66. The summed E-state index contributed by atoms with van der Waals surface area (Å²) in [5.74, 6) is 0.289. The number of hydrogen-bond acceptors (Lipinski definition) is 6. The molecule has 28 heavy (non-hydrogen) atoms. The highest BCUT2D eigenvalue weighted by Crippen LogP contribution is 2.21. The molecule has 2 aliphatic heterocycles. The van der Waals surface area contributed by atoms with Crippen molar-refractivity contribution in [3.8, 4) is 0 Å². The molecular weight excluding hydrogens is 361 g/mol. The molecular formula is C20H24FN5O2. The standard InChI is InChI=1S/C20H24FN5O2/c21-16-5-1-2-6-18(16)25-9-11-26(12-10-25)19-8-7-17(23-24-19)20(27)22-14-15-4-3-13-28-15/h1-2,5-8,15H,3-4,9-14H2,(H,22,27). The van der Waals surface area contributed by atoms with Crippen molar-refractivity contribution in [1.82, 2.24) is 15.5 Å². The van der Waals surface area contributed by atoms with E-state index < -0.39 is 0 Å². The molecule has 0 radical (unpaired) electrons. The fourth-order valence-corrected chi connectivity index (χ4v) is 3.60. The lowest BCUT2D eigenvalue weighted by molar-refractivity contribution is 0.0853. The number of carbonyl (C=O) groups excluding carboxylic acids is 1. The Balaban J connectivity index is 1.31. The summed E-state index contributed by atoms with van der Waals surface area (Å²) in [6, 6.07) is 10.3. The first-order chi connectivity index (χ1) is 13.7. The number of aromatic nitrogens is 2. The van der Waals surface area contributed by atoms with Crippen molar-refractivity contribution < 1.29 is 13.9 Å². The van der Waals surface area contributed by atoms with Crippen LogP contribution in [-0.4, -0.2) is 61.5 Å². The van der Waals surface area contributed by atoms with Crippen molar-refractivity contribution in [2.75, 3.05) is 49.1 Å². The van der Waals surface area contributed by atoms with Crippen LogP contribution in [0, 0.1) is 5.82 Å². The first kappa shape index (κ1) is 18.6. The average Bonchev–Trinajstić information content (AvgIpc) is 3.26. The van der Waals surface area contributed by atoms with E-state index >= 15 is 0 Å². The number of piperazine rings is 1. The van der Waals surface area contributed by atoms with Crippen molar-refractivity contribution in [2.45, 2.75) is 18.9 Å². The van der Waals surface area contributed by atoms with Gasteiger partial charge in [-0.15, -0.1) is 10.2 Å². The topological polar surface area (TPSA) is 70.6 Å². The van der Waals surface area contributed by atoms with E-state index in [-0.39, 0.29) is 17.8 Å². The van der Waals surface area contributed by atoms with Gasteiger partial charge < -0.3 is 19.9 Å². The minimum absolute atomic E-state index is 0.0990.